The number of unbranched alkanes of at least 4 members (excludes halogenated alkanes) is 1. The normalized spacial score (nSPS) is 19.7. The Balaban J connectivity index is 2.33. The fourth-order valence-electron chi connectivity index (χ4n) is 4.29. The van der Waals surface area contributed by atoms with Crippen molar-refractivity contribution in [2.75, 3.05) is 18.1 Å². The number of amides is 1. The van der Waals surface area contributed by atoms with Gasteiger partial charge in [0.15, 0.2) is 0 Å². The molecule has 2 N–H and O–H groups in total. The van der Waals surface area contributed by atoms with Crippen molar-refractivity contribution in [3.05, 3.63) is 65.3 Å². The zero-order valence-electron chi connectivity index (χ0n) is 19.5. The molecule has 2 heterocycles. The Morgan fingerprint density at radius 1 is 1.24 bits per heavy atom. The van der Waals surface area contributed by atoms with E-state index in [1.165, 1.54) is 11.8 Å². The Morgan fingerprint density at radius 2 is 1.94 bits per heavy atom. The van der Waals surface area contributed by atoms with Gasteiger partial charge in [-0.1, -0.05) is 37.6 Å². The maximum atomic E-state index is 14.1. The van der Waals surface area contributed by atoms with Crippen LogP contribution in [0.1, 0.15) is 46.1 Å². The SMILES string of the molecule is C=CCN1C(=O)C2(C(C(=O)OC(C)C)=C(C)OC(N)=C2C(=O)OCCCC)c2ccccc21. The van der Waals surface area contributed by atoms with Crippen molar-refractivity contribution in [2.24, 2.45) is 5.73 Å². The number of para-hydroxylation sites is 1. The lowest BCUT2D eigenvalue weighted by Gasteiger charge is -2.36. The number of esters is 2. The lowest BCUT2D eigenvalue weighted by Crippen LogP contribution is -2.51. The first-order valence-corrected chi connectivity index (χ1v) is 11.0. The predicted molar refractivity (Wildman–Crippen MR) is 123 cm³/mol. The zero-order valence-corrected chi connectivity index (χ0v) is 19.5. The summed E-state index contributed by atoms with van der Waals surface area (Å²) in [6.07, 6.45) is 2.55. The van der Waals surface area contributed by atoms with E-state index in [9.17, 15) is 14.4 Å². The average Bonchev–Trinajstić information content (AvgIpc) is 2.97. The van der Waals surface area contributed by atoms with Gasteiger partial charge in [0.25, 0.3) is 0 Å². The van der Waals surface area contributed by atoms with Crippen molar-refractivity contribution in [1.82, 2.24) is 0 Å². The van der Waals surface area contributed by atoms with Gasteiger partial charge in [0, 0.05) is 17.8 Å². The van der Waals surface area contributed by atoms with Crippen LogP contribution in [0.25, 0.3) is 0 Å². The topological polar surface area (TPSA) is 108 Å². The maximum Gasteiger partial charge on any atom is 0.341 e. The lowest BCUT2D eigenvalue weighted by molar-refractivity contribution is -0.146. The third-order valence-corrected chi connectivity index (χ3v) is 5.57. The molecular formula is C25H30N2O6. The number of hydrogen-bond acceptors (Lipinski definition) is 7. The van der Waals surface area contributed by atoms with E-state index in [1.807, 2.05) is 6.92 Å². The summed E-state index contributed by atoms with van der Waals surface area (Å²) in [5, 5.41) is 0. The fourth-order valence-corrected chi connectivity index (χ4v) is 4.29. The first kappa shape index (κ1) is 24.1. The molecule has 1 atom stereocenters. The first-order valence-electron chi connectivity index (χ1n) is 11.0. The van der Waals surface area contributed by atoms with E-state index in [1.54, 1.807) is 44.2 Å². The summed E-state index contributed by atoms with van der Waals surface area (Å²) in [6, 6.07) is 6.95. The van der Waals surface area contributed by atoms with Crippen LogP contribution in [0.4, 0.5) is 5.69 Å². The van der Waals surface area contributed by atoms with Gasteiger partial charge in [-0.2, -0.15) is 0 Å². The number of carbonyl (C=O) groups is 3. The smallest absolute Gasteiger partial charge is 0.341 e. The zero-order chi connectivity index (χ0) is 24.3. The van der Waals surface area contributed by atoms with Gasteiger partial charge in [-0.15, -0.1) is 6.58 Å². The Kier molecular flexibility index (Phi) is 6.95. The van der Waals surface area contributed by atoms with Gasteiger partial charge in [-0.25, -0.2) is 9.59 Å². The van der Waals surface area contributed by atoms with Gasteiger partial charge < -0.3 is 24.8 Å². The summed E-state index contributed by atoms with van der Waals surface area (Å²) < 4.78 is 16.6. The van der Waals surface area contributed by atoms with Gasteiger partial charge in [-0.3, -0.25) is 4.79 Å². The fraction of sp³-hybridized carbons (Fsp3) is 0.400. The molecule has 33 heavy (non-hydrogen) atoms. The number of benzene rings is 1. The number of ether oxygens (including phenoxy) is 3. The Hall–Kier alpha value is -3.55. The molecule has 0 aromatic heterocycles. The molecule has 0 fully saturated rings. The van der Waals surface area contributed by atoms with E-state index >= 15 is 0 Å². The number of nitrogens with zero attached hydrogens (tertiary/aromatic N) is 1. The molecule has 1 aromatic carbocycles. The maximum absolute atomic E-state index is 14.1. The number of anilines is 1. The van der Waals surface area contributed by atoms with Gasteiger partial charge in [0.2, 0.25) is 11.8 Å². The average molecular weight is 455 g/mol. The second-order valence-corrected chi connectivity index (χ2v) is 8.19. The number of fused-ring (bicyclic) bond motifs is 2. The Labute approximate surface area is 193 Å². The molecular weight excluding hydrogens is 424 g/mol. The largest absolute Gasteiger partial charge is 0.462 e. The van der Waals surface area contributed by atoms with Crippen molar-refractivity contribution in [2.45, 2.75) is 52.1 Å². The quantitative estimate of drug-likeness (QED) is 0.365. The van der Waals surface area contributed by atoms with Crippen LogP contribution in [0.5, 0.6) is 0 Å². The Morgan fingerprint density at radius 3 is 2.58 bits per heavy atom. The summed E-state index contributed by atoms with van der Waals surface area (Å²) in [6.45, 7) is 10.9. The van der Waals surface area contributed by atoms with Crippen molar-refractivity contribution in [1.29, 1.82) is 0 Å². The molecule has 2 aliphatic rings. The standard InChI is InChI=1S/C25H30N2O6/c1-6-8-14-31-22(28)20-21(26)33-16(5)19(23(29)32-15(3)4)25(20)17-11-9-10-12-18(17)27(13-7-2)24(25)30/h7,9-12,15H,2,6,8,13-14,26H2,1,3-5H3. The molecule has 0 saturated carbocycles. The molecule has 1 aromatic rings. The molecule has 3 rings (SSSR count). The van der Waals surface area contributed by atoms with Crippen molar-refractivity contribution in [3.8, 4) is 0 Å². The molecule has 0 radical (unpaired) electrons. The second-order valence-electron chi connectivity index (χ2n) is 8.19. The third kappa shape index (κ3) is 3.90. The van der Waals surface area contributed by atoms with Crippen molar-refractivity contribution < 1.29 is 28.6 Å². The number of carbonyl (C=O) groups excluding carboxylic acids is 3. The van der Waals surface area contributed by atoms with Crippen LogP contribution in [0.2, 0.25) is 0 Å². The van der Waals surface area contributed by atoms with Gasteiger partial charge in [0.1, 0.15) is 22.3 Å². The van der Waals surface area contributed by atoms with Crippen molar-refractivity contribution in [3.63, 3.8) is 0 Å². The van der Waals surface area contributed by atoms with Crippen molar-refractivity contribution >= 4 is 23.5 Å². The third-order valence-electron chi connectivity index (χ3n) is 5.57. The minimum atomic E-state index is -1.86. The minimum Gasteiger partial charge on any atom is -0.462 e. The Bertz CT molecular complexity index is 1050. The summed E-state index contributed by atoms with van der Waals surface area (Å²) in [7, 11) is 0. The summed E-state index contributed by atoms with van der Waals surface area (Å²) in [4.78, 5) is 42.3. The van der Waals surface area contributed by atoms with E-state index in [2.05, 4.69) is 6.58 Å². The van der Waals surface area contributed by atoms with Crippen LogP contribution in [0.15, 0.2) is 59.7 Å². The van der Waals surface area contributed by atoms with Crippen LogP contribution < -0.4 is 10.6 Å². The van der Waals surface area contributed by atoms with Crippen LogP contribution in [-0.2, 0) is 34.0 Å². The molecule has 0 aliphatic carbocycles. The van der Waals surface area contributed by atoms with E-state index in [0.29, 0.717) is 17.7 Å². The number of nitrogens with two attached hydrogens (primary N) is 1. The number of hydrogen-bond donors (Lipinski definition) is 1. The molecule has 2 aliphatic heterocycles. The van der Waals surface area contributed by atoms with Gasteiger partial charge >= 0.3 is 11.9 Å². The predicted octanol–water partition coefficient (Wildman–Crippen LogP) is 3.23. The van der Waals surface area contributed by atoms with E-state index in [-0.39, 0.29) is 35.9 Å². The molecule has 0 saturated heterocycles. The second kappa shape index (κ2) is 9.52. The van der Waals surface area contributed by atoms with Crippen LogP contribution in [0.3, 0.4) is 0 Å². The molecule has 1 unspecified atom stereocenters. The lowest BCUT2D eigenvalue weighted by atomic mass is 9.67. The molecule has 1 amide bonds. The molecule has 8 nitrogen and oxygen atoms in total. The number of rotatable bonds is 8. The highest BCUT2D eigenvalue weighted by Crippen LogP contribution is 2.54. The van der Waals surface area contributed by atoms with Gasteiger partial charge in [-0.05, 0) is 33.3 Å². The number of allylic oxidation sites excluding steroid dienone is 1. The molecule has 8 heteroatoms. The monoisotopic (exact) mass is 454 g/mol. The van der Waals surface area contributed by atoms with E-state index in [0.717, 1.165) is 6.42 Å². The summed E-state index contributed by atoms with van der Waals surface area (Å²) in [5.41, 5.74) is 5.02. The van der Waals surface area contributed by atoms with E-state index < -0.39 is 29.4 Å². The van der Waals surface area contributed by atoms with Crippen LogP contribution >= 0.6 is 0 Å². The first-order chi connectivity index (χ1) is 15.7. The van der Waals surface area contributed by atoms with Crippen LogP contribution in [-0.4, -0.2) is 37.1 Å². The van der Waals surface area contributed by atoms with Crippen LogP contribution in [0, 0.1) is 0 Å². The highest BCUT2D eigenvalue weighted by Gasteiger charge is 2.63. The highest BCUT2D eigenvalue weighted by atomic mass is 16.6. The minimum absolute atomic E-state index is 0.0862. The summed E-state index contributed by atoms with van der Waals surface area (Å²) >= 11 is 0. The molecule has 176 valence electrons. The highest BCUT2D eigenvalue weighted by molar-refractivity contribution is 6.22. The van der Waals surface area contributed by atoms with Gasteiger partial charge in [0.05, 0.1) is 12.7 Å². The molecule has 0 bridgehead atoms. The summed E-state index contributed by atoms with van der Waals surface area (Å²) in [5.74, 6) is -2.29. The molecule has 1 spiro atoms. The van der Waals surface area contributed by atoms with E-state index in [4.69, 9.17) is 19.9 Å².